The summed E-state index contributed by atoms with van der Waals surface area (Å²) < 4.78 is 21.8. The molecule has 2 atom stereocenters. The minimum Gasteiger partial charge on any atom is -0.497 e. The number of methoxy groups -OCH3 is 2. The van der Waals surface area contributed by atoms with Gasteiger partial charge in [-0.25, -0.2) is 9.59 Å². The number of esters is 1. The lowest BCUT2D eigenvalue weighted by atomic mass is 9.99. The number of ether oxygens (including phenoxy) is 3. The van der Waals surface area contributed by atoms with E-state index in [-0.39, 0.29) is 12.6 Å². The number of furan rings is 1. The largest absolute Gasteiger partial charge is 0.497 e. The molecule has 0 spiro atoms. The van der Waals surface area contributed by atoms with Crippen LogP contribution in [0.2, 0.25) is 0 Å². The van der Waals surface area contributed by atoms with Gasteiger partial charge in [-0.2, -0.15) is 0 Å². The summed E-state index contributed by atoms with van der Waals surface area (Å²) in [6.45, 7) is 3.16. The quantitative estimate of drug-likeness (QED) is 0.589. The number of nitrogens with one attached hydrogen (secondary N) is 2. The number of carbonyl (C=O) groups excluding carboxylic acids is 2. The molecule has 3 heterocycles. The normalized spacial score (nSPS) is 20.9. The molecule has 2 aliphatic heterocycles. The minimum atomic E-state index is -0.723. The molecule has 4 rings (SSSR count). The molecule has 1 aromatic carbocycles. The summed E-state index contributed by atoms with van der Waals surface area (Å²) in [4.78, 5) is 27.7. The van der Waals surface area contributed by atoms with Crippen LogP contribution < -0.4 is 20.1 Å². The Morgan fingerprint density at radius 3 is 2.79 bits per heavy atom. The van der Waals surface area contributed by atoms with Gasteiger partial charge in [0.15, 0.2) is 0 Å². The number of hydrogen-bond acceptors (Lipinski definition) is 7. The zero-order valence-corrected chi connectivity index (χ0v) is 19.1. The van der Waals surface area contributed by atoms with Gasteiger partial charge in [0, 0.05) is 29.9 Å². The Morgan fingerprint density at radius 2 is 2.09 bits per heavy atom. The smallest absolute Gasteiger partial charge is 0.338 e. The Kier molecular flexibility index (Phi) is 6.88. The van der Waals surface area contributed by atoms with Crippen LogP contribution in [0.3, 0.4) is 0 Å². The highest BCUT2D eigenvalue weighted by atomic mass is 16.5. The van der Waals surface area contributed by atoms with Gasteiger partial charge in [0.2, 0.25) is 0 Å². The lowest BCUT2D eigenvalue weighted by Crippen LogP contribution is -2.48. The van der Waals surface area contributed by atoms with E-state index in [2.05, 4.69) is 15.5 Å². The molecule has 2 aliphatic rings. The third kappa shape index (κ3) is 4.68. The number of benzene rings is 1. The Morgan fingerprint density at radius 1 is 1.24 bits per heavy atom. The van der Waals surface area contributed by atoms with Crippen LogP contribution in [-0.2, 0) is 9.53 Å². The van der Waals surface area contributed by atoms with Crippen molar-refractivity contribution in [3.8, 4) is 11.5 Å². The fourth-order valence-electron chi connectivity index (χ4n) is 4.53. The van der Waals surface area contributed by atoms with Crippen LogP contribution >= 0.6 is 0 Å². The van der Waals surface area contributed by atoms with Crippen molar-refractivity contribution < 1.29 is 28.2 Å². The third-order valence-corrected chi connectivity index (χ3v) is 6.00. The molecule has 0 bridgehead atoms. The van der Waals surface area contributed by atoms with Gasteiger partial charge in [-0.3, -0.25) is 4.90 Å². The molecule has 0 aliphatic carbocycles. The molecular formula is C24H29N3O6. The third-order valence-electron chi connectivity index (χ3n) is 6.00. The van der Waals surface area contributed by atoms with Gasteiger partial charge < -0.3 is 29.3 Å². The molecule has 2 unspecified atom stereocenters. The van der Waals surface area contributed by atoms with E-state index in [4.69, 9.17) is 18.6 Å². The van der Waals surface area contributed by atoms with Crippen molar-refractivity contribution in [2.45, 2.75) is 31.8 Å². The van der Waals surface area contributed by atoms with E-state index in [1.807, 2.05) is 18.2 Å². The zero-order valence-electron chi connectivity index (χ0n) is 19.1. The molecular weight excluding hydrogens is 426 g/mol. The van der Waals surface area contributed by atoms with Gasteiger partial charge in [-0.15, -0.1) is 0 Å². The number of amides is 2. The van der Waals surface area contributed by atoms with E-state index in [1.54, 1.807) is 33.3 Å². The summed E-state index contributed by atoms with van der Waals surface area (Å²) in [6.07, 6.45) is 3.42. The van der Waals surface area contributed by atoms with Crippen LogP contribution in [0.25, 0.3) is 0 Å². The van der Waals surface area contributed by atoms with Crippen molar-refractivity contribution in [1.82, 2.24) is 15.5 Å². The van der Waals surface area contributed by atoms with Crippen LogP contribution in [0, 0.1) is 0 Å². The first-order valence-corrected chi connectivity index (χ1v) is 11.0. The maximum atomic E-state index is 13.0. The van der Waals surface area contributed by atoms with Gasteiger partial charge in [-0.05, 0) is 44.5 Å². The van der Waals surface area contributed by atoms with Crippen LogP contribution in [-0.4, -0.2) is 50.8 Å². The number of nitrogens with zero attached hydrogens (tertiary/aromatic N) is 1. The maximum Gasteiger partial charge on any atom is 0.338 e. The molecule has 0 radical (unpaired) electrons. The first kappa shape index (κ1) is 22.7. The van der Waals surface area contributed by atoms with Crippen molar-refractivity contribution in [3.05, 3.63) is 59.2 Å². The summed E-state index contributed by atoms with van der Waals surface area (Å²) in [6, 6.07) is 8.19. The molecule has 2 N–H and O–H groups in total. The number of likely N-dealkylation sites (tertiary alicyclic amines) is 1. The average molecular weight is 456 g/mol. The second-order valence-electron chi connectivity index (χ2n) is 7.90. The summed E-state index contributed by atoms with van der Waals surface area (Å²) >= 11 is 0. The molecule has 9 heteroatoms. The lowest BCUT2D eigenvalue weighted by molar-refractivity contribution is -0.139. The fourth-order valence-corrected chi connectivity index (χ4v) is 4.53. The van der Waals surface area contributed by atoms with Crippen molar-refractivity contribution in [3.63, 3.8) is 0 Å². The minimum absolute atomic E-state index is 0.0654. The Hall–Kier alpha value is -3.46. The van der Waals surface area contributed by atoms with Crippen LogP contribution in [0.15, 0.2) is 52.3 Å². The molecule has 33 heavy (non-hydrogen) atoms. The van der Waals surface area contributed by atoms with Crippen LogP contribution in [0.1, 0.15) is 43.2 Å². The first-order chi connectivity index (χ1) is 16.0. The Labute approximate surface area is 192 Å². The highest BCUT2D eigenvalue weighted by Crippen LogP contribution is 2.39. The van der Waals surface area contributed by atoms with E-state index in [1.165, 1.54) is 6.26 Å². The fraction of sp³-hybridized carbons (Fsp3) is 0.417. The standard InChI is InChI=1S/C24H29N3O6/c1-4-32-23(28)21-17(25-24(29)26-22(21)19-8-6-12-33-19)14-27-11-5-7-18(27)16-10-9-15(30-2)13-20(16)31-3/h6,8-10,12-13,18,22H,4-5,7,11,14H2,1-3H3,(H2,25,26,29). The van der Waals surface area contributed by atoms with E-state index >= 15 is 0 Å². The van der Waals surface area contributed by atoms with Crippen LogP contribution in [0.4, 0.5) is 4.79 Å². The highest BCUT2D eigenvalue weighted by Gasteiger charge is 2.37. The van der Waals surface area contributed by atoms with Gasteiger partial charge in [0.25, 0.3) is 0 Å². The maximum absolute atomic E-state index is 13.0. The molecule has 1 aromatic heterocycles. The molecule has 0 saturated carbocycles. The topological polar surface area (TPSA) is 102 Å². The molecule has 1 saturated heterocycles. The average Bonchev–Trinajstić information content (AvgIpc) is 3.51. The second kappa shape index (κ2) is 9.99. The predicted octanol–water partition coefficient (Wildman–Crippen LogP) is 3.31. The number of hydrogen-bond donors (Lipinski definition) is 2. The van der Waals surface area contributed by atoms with Crippen molar-refractivity contribution in [2.24, 2.45) is 0 Å². The first-order valence-electron chi connectivity index (χ1n) is 11.0. The van der Waals surface area contributed by atoms with Crippen molar-refractivity contribution in [2.75, 3.05) is 33.9 Å². The predicted molar refractivity (Wildman–Crippen MR) is 120 cm³/mol. The van der Waals surface area contributed by atoms with Gasteiger partial charge >= 0.3 is 12.0 Å². The van der Waals surface area contributed by atoms with Crippen molar-refractivity contribution in [1.29, 1.82) is 0 Å². The van der Waals surface area contributed by atoms with E-state index in [0.29, 0.717) is 23.6 Å². The summed E-state index contributed by atoms with van der Waals surface area (Å²) in [5, 5.41) is 5.62. The Bertz CT molecular complexity index is 1030. The van der Waals surface area contributed by atoms with E-state index < -0.39 is 18.0 Å². The van der Waals surface area contributed by atoms with Crippen LogP contribution in [0.5, 0.6) is 11.5 Å². The second-order valence-corrected chi connectivity index (χ2v) is 7.90. The molecule has 2 amide bonds. The van der Waals surface area contributed by atoms with Crippen molar-refractivity contribution >= 4 is 12.0 Å². The van der Waals surface area contributed by atoms with Gasteiger partial charge in [0.1, 0.15) is 23.3 Å². The molecule has 2 aromatic rings. The molecule has 1 fully saturated rings. The zero-order chi connectivity index (χ0) is 23.4. The molecule has 176 valence electrons. The number of carbonyl (C=O) groups is 2. The SMILES string of the molecule is CCOC(=O)C1=C(CN2CCCC2c2ccc(OC)cc2OC)NC(=O)NC1c1ccco1. The highest BCUT2D eigenvalue weighted by molar-refractivity contribution is 5.95. The van der Waals surface area contributed by atoms with E-state index in [9.17, 15) is 9.59 Å². The monoisotopic (exact) mass is 455 g/mol. The number of rotatable bonds is 8. The lowest BCUT2D eigenvalue weighted by Gasteiger charge is -2.32. The summed E-state index contributed by atoms with van der Waals surface area (Å²) in [5.74, 6) is 1.45. The van der Waals surface area contributed by atoms with Gasteiger partial charge in [0.05, 0.1) is 32.7 Å². The summed E-state index contributed by atoms with van der Waals surface area (Å²) in [7, 11) is 3.26. The summed E-state index contributed by atoms with van der Waals surface area (Å²) in [5.41, 5.74) is 1.90. The van der Waals surface area contributed by atoms with E-state index in [0.717, 1.165) is 36.4 Å². The number of urea groups is 1. The molecule has 9 nitrogen and oxygen atoms in total. The van der Waals surface area contributed by atoms with Gasteiger partial charge in [-0.1, -0.05) is 6.07 Å². The Balaban J connectivity index is 1.69.